The molecule has 18 heavy (non-hydrogen) atoms. The van der Waals surface area contributed by atoms with Gasteiger partial charge in [0.15, 0.2) is 0 Å². The number of piperidine rings is 1. The lowest BCUT2D eigenvalue weighted by Gasteiger charge is -2.38. The van der Waals surface area contributed by atoms with Gasteiger partial charge in [0.2, 0.25) is 0 Å². The van der Waals surface area contributed by atoms with Gasteiger partial charge in [0.25, 0.3) is 5.91 Å². The second kappa shape index (κ2) is 5.14. The predicted molar refractivity (Wildman–Crippen MR) is 70.5 cm³/mol. The Morgan fingerprint density at radius 2 is 2.22 bits per heavy atom. The van der Waals surface area contributed by atoms with Crippen LogP contribution in [0, 0.1) is 13.8 Å². The topological polar surface area (TPSA) is 59.5 Å². The van der Waals surface area contributed by atoms with E-state index in [0.29, 0.717) is 11.3 Å². The van der Waals surface area contributed by atoms with Gasteiger partial charge in [-0.25, -0.2) is 0 Å². The van der Waals surface area contributed by atoms with Gasteiger partial charge in [-0.05, 0) is 46.1 Å². The Labute approximate surface area is 108 Å². The fourth-order valence-corrected chi connectivity index (χ4v) is 2.75. The van der Waals surface area contributed by atoms with Crippen LogP contribution in [0.2, 0.25) is 0 Å². The summed E-state index contributed by atoms with van der Waals surface area (Å²) in [5.74, 6) is 1.54. The van der Waals surface area contributed by atoms with Crippen molar-refractivity contribution in [2.45, 2.75) is 52.1 Å². The molecule has 1 aliphatic heterocycles. The summed E-state index contributed by atoms with van der Waals surface area (Å²) in [5, 5.41) is 0. The third-order valence-electron chi connectivity index (χ3n) is 3.69. The lowest BCUT2D eigenvalue weighted by atomic mass is 9.96. The highest BCUT2D eigenvalue weighted by atomic mass is 16.3. The van der Waals surface area contributed by atoms with Crippen molar-refractivity contribution in [1.29, 1.82) is 0 Å². The lowest BCUT2D eigenvalue weighted by Crippen LogP contribution is -2.51. The first-order valence-corrected chi connectivity index (χ1v) is 6.64. The summed E-state index contributed by atoms with van der Waals surface area (Å²) in [6, 6.07) is 1.99. The van der Waals surface area contributed by atoms with E-state index in [1.807, 2.05) is 31.7 Å². The highest BCUT2D eigenvalue weighted by Crippen LogP contribution is 2.23. The van der Waals surface area contributed by atoms with Crippen LogP contribution in [0.15, 0.2) is 10.5 Å². The first-order chi connectivity index (χ1) is 8.50. The number of hydrogen-bond acceptors (Lipinski definition) is 3. The number of carbonyl (C=O) groups excluding carboxylic acids is 1. The van der Waals surface area contributed by atoms with E-state index >= 15 is 0 Å². The number of carbonyl (C=O) groups is 1. The van der Waals surface area contributed by atoms with Crippen LogP contribution in [-0.2, 0) is 0 Å². The molecule has 1 fully saturated rings. The molecule has 2 N–H and O–H groups in total. The zero-order chi connectivity index (χ0) is 13.3. The van der Waals surface area contributed by atoms with Crippen LogP contribution in [0.5, 0.6) is 0 Å². The summed E-state index contributed by atoms with van der Waals surface area (Å²) in [7, 11) is 0. The highest BCUT2D eigenvalue weighted by molar-refractivity contribution is 5.95. The minimum Gasteiger partial charge on any atom is -0.466 e. The summed E-state index contributed by atoms with van der Waals surface area (Å²) in [6.07, 6.45) is 3.21. The molecular formula is C14H22N2O2. The number of rotatable bonds is 2. The molecule has 2 atom stereocenters. The number of hydrogen-bond donors (Lipinski definition) is 1. The van der Waals surface area contributed by atoms with Crippen molar-refractivity contribution in [3.8, 4) is 0 Å². The molecular weight excluding hydrogens is 228 g/mol. The van der Waals surface area contributed by atoms with Crippen molar-refractivity contribution < 1.29 is 9.21 Å². The molecule has 0 saturated carbocycles. The molecule has 1 amide bonds. The third-order valence-corrected chi connectivity index (χ3v) is 3.69. The van der Waals surface area contributed by atoms with Crippen LogP contribution in [0.4, 0.5) is 0 Å². The minimum absolute atomic E-state index is 0.0163. The van der Waals surface area contributed by atoms with Gasteiger partial charge in [-0.1, -0.05) is 0 Å². The molecule has 0 aromatic carbocycles. The van der Waals surface area contributed by atoms with Crippen LogP contribution in [-0.4, -0.2) is 29.4 Å². The van der Waals surface area contributed by atoms with Gasteiger partial charge >= 0.3 is 0 Å². The smallest absolute Gasteiger partial charge is 0.257 e. The van der Waals surface area contributed by atoms with E-state index in [0.717, 1.165) is 31.6 Å². The summed E-state index contributed by atoms with van der Waals surface area (Å²) in [6.45, 7) is 6.48. The van der Waals surface area contributed by atoms with E-state index < -0.39 is 0 Å². The van der Waals surface area contributed by atoms with Gasteiger partial charge in [-0.2, -0.15) is 0 Å². The molecule has 1 aromatic rings. The maximum atomic E-state index is 12.6. The van der Waals surface area contributed by atoms with Crippen LogP contribution in [0.1, 0.15) is 48.1 Å². The van der Waals surface area contributed by atoms with Crippen LogP contribution in [0.25, 0.3) is 0 Å². The highest BCUT2D eigenvalue weighted by Gasteiger charge is 2.31. The number of furan rings is 1. The average Bonchev–Trinajstić information content (AvgIpc) is 2.67. The average molecular weight is 250 g/mol. The monoisotopic (exact) mass is 250 g/mol. The Hall–Kier alpha value is -1.29. The van der Waals surface area contributed by atoms with Crippen LogP contribution >= 0.6 is 0 Å². The molecule has 2 unspecified atom stereocenters. The molecule has 1 saturated heterocycles. The maximum absolute atomic E-state index is 12.6. The molecule has 100 valence electrons. The number of nitrogens with zero attached hydrogens (tertiary/aromatic N) is 1. The molecule has 2 rings (SSSR count). The van der Waals surface area contributed by atoms with E-state index in [9.17, 15) is 4.79 Å². The first-order valence-electron chi connectivity index (χ1n) is 6.64. The molecule has 0 radical (unpaired) electrons. The standard InChI is InChI=1S/C14H22N2O2/c1-9-8-12(11(3)18-9)14(17)16-7-5-4-6-13(16)10(2)15/h8,10,13H,4-7,15H2,1-3H3. The van der Waals surface area contributed by atoms with E-state index in [-0.39, 0.29) is 18.0 Å². The predicted octanol–water partition coefficient (Wildman–Crippen LogP) is 2.24. The normalized spacial score (nSPS) is 22.0. The molecule has 0 spiro atoms. The van der Waals surface area contributed by atoms with E-state index in [1.54, 1.807) is 0 Å². The summed E-state index contributed by atoms with van der Waals surface area (Å²) in [5.41, 5.74) is 6.68. The van der Waals surface area contributed by atoms with Gasteiger partial charge in [0.1, 0.15) is 11.5 Å². The van der Waals surface area contributed by atoms with Crippen LogP contribution < -0.4 is 5.73 Å². The van der Waals surface area contributed by atoms with Crippen molar-refractivity contribution in [2.75, 3.05) is 6.54 Å². The van der Waals surface area contributed by atoms with Crippen molar-refractivity contribution in [3.63, 3.8) is 0 Å². The quantitative estimate of drug-likeness (QED) is 0.875. The lowest BCUT2D eigenvalue weighted by molar-refractivity contribution is 0.0582. The summed E-state index contributed by atoms with van der Waals surface area (Å²) >= 11 is 0. The van der Waals surface area contributed by atoms with Gasteiger partial charge in [-0.3, -0.25) is 4.79 Å². The zero-order valence-electron chi connectivity index (χ0n) is 11.4. The molecule has 4 heteroatoms. The summed E-state index contributed by atoms with van der Waals surface area (Å²) in [4.78, 5) is 14.5. The Bertz CT molecular complexity index is 437. The molecule has 4 nitrogen and oxygen atoms in total. The first kappa shape index (κ1) is 13.1. The van der Waals surface area contributed by atoms with Gasteiger partial charge < -0.3 is 15.1 Å². The second-order valence-corrected chi connectivity index (χ2v) is 5.25. The Morgan fingerprint density at radius 3 is 2.78 bits per heavy atom. The minimum atomic E-state index is 0.0163. The van der Waals surface area contributed by atoms with Gasteiger partial charge in [0, 0.05) is 18.6 Å². The van der Waals surface area contributed by atoms with Crippen molar-refractivity contribution in [2.24, 2.45) is 5.73 Å². The van der Waals surface area contributed by atoms with Crippen molar-refractivity contribution in [3.05, 3.63) is 23.2 Å². The Balaban J connectivity index is 2.23. The largest absolute Gasteiger partial charge is 0.466 e. The molecule has 0 aliphatic carbocycles. The molecule has 2 heterocycles. The SMILES string of the molecule is Cc1cc(C(=O)N2CCCCC2C(C)N)c(C)o1. The van der Waals surface area contributed by atoms with E-state index in [4.69, 9.17) is 10.2 Å². The zero-order valence-corrected chi connectivity index (χ0v) is 11.4. The molecule has 0 bridgehead atoms. The fourth-order valence-electron chi connectivity index (χ4n) is 2.75. The van der Waals surface area contributed by atoms with Crippen molar-refractivity contribution >= 4 is 5.91 Å². The number of nitrogens with two attached hydrogens (primary N) is 1. The van der Waals surface area contributed by atoms with Crippen LogP contribution in [0.3, 0.4) is 0 Å². The number of likely N-dealkylation sites (tertiary alicyclic amines) is 1. The van der Waals surface area contributed by atoms with E-state index in [1.165, 1.54) is 0 Å². The Morgan fingerprint density at radius 1 is 1.50 bits per heavy atom. The molecule has 1 aromatic heterocycles. The number of amides is 1. The molecule has 1 aliphatic rings. The van der Waals surface area contributed by atoms with Gasteiger partial charge in [0.05, 0.1) is 5.56 Å². The summed E-state index contributed by atoms with van der Waals surface area (Å²) < 4.78 is 5.44. The number of aryl methyl sites for hydroxylation is 2. The second-order valence-electron chi connectivity index (χ2n) is 5.25. The van der Waals surface area contributed by atoms with E-state index in [2.05, 4.69) is 0 Å². The Kier molecular flexibility index (Phi) is 3.76. The third kappa shape index (κ3) is 2.43. The van der Waals surface area contributed by atoms with Crippen molar-refractivity contribution in [1.82, 2.24) is 4.90 Å². The maximum Gasteiger partial charge on any atom is 0.257 e. The fraction of sp³-hybridized carbons (Fsp3) is 0.643. The van der Waals surface area contributed by atoms with Gasteiger partial charge in [-0.15, -0.1) is 0 Å².